The molecule has 2 amide bonds. The van der Waals surface area contributed by atoms with Gasteiger partial charge >= 0.3 is 6.03 Å². The zero-order valence-corrected chi connectivity index (χ0v) is 13.6. The van der Waals surface area contributed by atoms with Crippen molar-refractivity contribution in [2.75, 3.05) is 25.0 Å². The van der Waals surface area contributed by atoms with E-state index >= 15 is 0 Å². The minimum atomic E-state index is -0.481. The lowest BCUT2D eigenvalue weighted by Crippen LogP contribution is -2.44. The number of nitrogens with one attached hydrogen (secondary N) is 2. The number of benzene rings is 1. The van der Waals surface area contributed by atoms with Gasteiger partial charge in [-0.25, -0.2) is 4.79 Å². The lowest BCUT2D eigenvalue weighted by Gasteiger charge is -2.35. The number of urea groups is 1. The Bertz CT molecular complexity index is 562. The molecule has 0 saturated carbocycles. The van der Waals surface area contributed by atoms with Crippen LogP contribution in [0.15, 0.2) is 24.3 Å². The van der Waals surface area contributed by atoms with Crippen molar-refractivity contribution in [1.29, 1.82) is 0 Å². The molecule has 1 saturated heterocycles. The van der Waals surface area contributed by atoms with E-state index < -0.39 is 4.92 Å². The lowest BCUT2D eigenvalue weighted by molar-refractivity contribution is -0.384. The number of piperidine rings is 1. The highest BCUT2D eigenvalue weighted by molar-refractivity contribution is 5.89. The molecule has 0 aromatic heterocycles. The van der Waals surface area contributed by atoms with Gasteiger partial charge in [0.05, 0.1) is 4.92 Å². The van der Waals surface area contributed by atoms with Crippen molar-refractivity contribution in [3.05, 3.63) is 34.4 Å². The topological polar surface area (TPSA) is 87.5 Å². The number of hydrogen-bond donors (Lipinski definition) is 2. The van der Waals surface area contributed by atoms with E-state index in [1.165, 1.54) is 12.1 Å². The van der Waals surface area contributed by atoms with Gasteiger partial charge in [-0.05, 0) is 45.2 Å². The molecule has 0 aliphatic carbocycles. The SMILES string of the molecule is CC(C)N1CCC[C@H](CNC(=O)Nc2cccc([N+](=O)[O-])c2)C1. The number of rotatable bonds is 5. The predicted octanol–water partition coefficient (Wildman–Crippen LogP) is 2.84. The van der Waals surface area contributed by atoms with Crippen LogP contribution in [0.1, 0.15) is 26.7 Å². The van der Waals surface area contributed by atoms with E-state index in [0.29, 0.717) is 24.2 Å². The van der Waals surface area contributed by atoms with Crippen LogP contribution >= 0.6 is 0 Å². The number of anilines is 1. The van der Waals surface area contributed by atoms with Crippen LogP contribution in [0.4, 0.5) is 16.2 Å². The normalized spacial score (nSPS) is 18.7. The number of nitrogens with zero attached hydrogens (tertiary/aromatic N) is 2. The fourth-order valence-corrected chi connectivity index (χ4v) is 2.84. The monoisotopic (exact) mass is 320 g/mol. The molecule has 1 atom stereocenters. The highest BCUT2D eigenvalue weighted by atomic mass is 16.6. The Morgan fingerprint density at radius 2 is 2.26 bits per heavy atom. The molecule has 1 aromatic rings. The summed E-state index contributed by atoms with van der Waals surface area (Å²) < 4.78 is 0. The maximum Gasteiger partial charge on any atom is 0.319 e. The Morgan fingerprint density at radius 1 is 1.48 bits per heavy atom. The minimum Gasteiger partial charge on any atom is -0.338 e. The van der Waals surface area contributed by atoms with Crippen molar-refractivity contribution in [3.63, 3.8) is 0 Å². The molecule has 0 unspecified atom stereocenters. The molecular formula is C16H24N4O3. The van der Waals surface area contributed by atoms with Crippen LogP contribution in [0.25, 0.3) is 0 Å². The molecule has 1 aliphatic heterocycles. The minimum absolute atomic E-state index is 0.0392. The molecule has 1 aliphatic rings. The van der Waals surface area contributed by atoms with Crippen molar-refractivity contribution >= 4 is 17.4 Å². The van der Waals surface area contributed by atoms with Gasteiger partial charge < -0.3 is 15.5 Å². The first-order valence-corrected chi connectivity index (χ1v) is 7.99. The molecule has 1 fully saturated rings. The van der Waals surface area contributed by atoms with Gasteiger partial charge in [0.25, 0.3) is 5.69 Å². The Balaban J connectivity index is 1.81. The van der Waals surface area contributed by atoms with Crippen molar-refractivity contribution in [2.24, 2.45) is 5.92 Å². The quantitative estimate of drug-likeness (QED) is 0.645. The van der Waals surface area contributed by atoms with Crippen LogP contribution in [0.3, 0.4) is 0 Å². The third-order valence-electron chi connectivity index (χ3n) is 4.15. The van der Waals surface area contributed by atoms with Gasteiger partial charge in [-0.3, -0.25) is 10.1 Å². The Hall–Kier alpha value is -2.15. The summed E-state index contributed by atoms with van der Waals surface area (Å²) >= 11 is 0. The van der Waals surface area contributed by atoms with Gasteiger partial charge in [0.1, 0.15) is 0 Å². The van der Waals surface area contributed by atoms with Gasteiger partial charge in [0.2, 0.25) is 0 Å². The standard InChI is InChI=1S/C16H24N4O3/c1-12(2)19-8-4-5-13(11-19)10-17-16(21)18-14-6-3-7-15(9-14)20(22)23/h3,6-7,9,12-13H,4-5,8,10-11H2,1-2H3,(H2,17,18,21)/t13-/m1/s1. The number of likely N-dealkylation sites (tertiary alicyclic amines) is 1. The first kappa shape index (κ1) is 17.2. The number of nitro benzene ring substituents is 1. The summed E-state index contributed by atoms with van der Waals surface area (Å²) in [6, 6.07) is 6.12. The zero-order chi connectivity index (χ0) is 16.8. The van der Waals surface area contributed by atoms with Crippen LogP contribution in [-0.2, 0) is 0 Å². The maximum absolute atomic E-state index is 11.9. The van der Waals surface area contributed by atoms with Gasteiger partial charge in [-0.2, -0.15) is 0 Å². The first-order chi connectivity index (χ1) is 11.0. The van der Waals surface area contributed by atoms with Crippen LogP contribution in [0, 0.1) is 16.0 Å². The van der Waals surface area contributed by atoms with E-state index in [4.69, 9.17) is 0 Å². The number of hydrogen-bond acceptors (Lipinski definition) is 4. The number of non-ortho nitro benzene ring substituents is 1. The summed E-state index contributed by atoms with van der Waals surface area (Å²) in [6.45, 7) is 7.10. The molecule has 0 spiro atoms. The van der Waals surface area contributed by atoms with E-state index in [1.54, 1.807) is 12.1 Å². The van der Waals surface area contributed by atoms with E-state index in [0.717, 1.165) is 25.9 Å². The van der Waals surface area contributed by atoms with E-state index in [-0.39, 0.29) is 11.7 Å². The van der Waals surface area contributed by atoms with Crippen LogP contribution in [0.5, 0.6) is 0 Å². The third-order valence-corrected chi connectivity index (χ3v) is 4.15. The molecule has 126 valence electrons. The number of carbonyl (C=O) groups excluding carboxylic acids is 1. The largest absolute Gasteiger partial charge is 0.338 e. The molecule has 2 rings (SSSR count). The fourth-order valence-electron chi connectivity index (χ4n) is 2.84. The molecule has 1 aromatic carbocycles. The second-order valence-electron chi connectivity index (χ2n) is 6.24. The van der Waals surface area contributed by atoms with Crippen LogP contribution in [-0.4, -0.2) is 41.5 Å². The van der Waals surface area contributed by atoms with Crippen molar-refractivity contribution < 1.29 is 9.72 Å². The summed E-state index contributed by atoms with van der Waals surface area (Å²) in [4.78, 5) is 24.6. The van der Waals surface area contributed by atoms with E-state index in [1.807, 2.05) is 0 Å². The summed E-state index contributed by atoms with van der Waals surface area (Å²) in [7, 11) is 0. The summed E-state index contributed by atoms with van der Waals surface area (Å²) in [6.07, 6.45) is 2.26. The average Bonchev–Trinajstić information content (AvgIpc) is 2.53. The predicted molar refractivity (Wildman–Crippen MR) is 89.6 cm³/mol. The smallest absolute Gasteiger partial charge is 0.319 e. The molecule has 0 bridgehead atoms. The number of nitro groups is 1. The zero-order valence-electron chi connectivity index (χ0n) is 13.6. The van der Waals surface area contributed by atoms with Crippen molar-refractivity contribution in [1.82, 2.24) is 10.2 Å². The highest BCUT2D eigenvalue weighted by Gasteiger charge is 2.21. The molecule has 7 nitrogen and oxygen atoms in total. The summed E-state index contributed by atoms with van der Waals surface area (Å²) in [5, 5.41) is 16.2. The van der Waals surface area contributed by atoms with E-state index in [2.05, 4.69) is 29.4 Å². The summed E-state index contributed by atoms with van der Waals surface area (Å²) in [5.74, 6) is 0.446. The summed E-state index contributed by atoms with van der Waals surface area (Å²) in [5.41, 5.74) is 0.381. The van der Waals surface area contributed by atoms with Gasteiger partial charge in [0.15, 0.2) is 0 Å². The van der Waals surface area contributed by atoms with Gasteiger partial charge in [-0.15, -0.1) is 0 Å². The van der Waals surface area contributed by atoms with E-state index in [9.17, 15) is 14.9 Å². The highest BCUT2D eigenvalue weighted by Crippen LogP contribution is 2.18. The fraction of sp³-hybridized carbons (Fsp3) is 0.562. The average molecular weight is 320 g/mol. The van der Waals surface area contributed by atoms with Crippen LogP contribution < -0.4 is 10.6 Å². The Labute approximate surface area is 136 Å². The number of carbonyl (C=O) groups is 1. The van der Waals surface area contributed by atoms with Gasteiger partial charge in [-0.1, -0.05) is 6.07 Å². The Morgan fingerprint density at radius 3 is 2.96 bits per heavy atom. The van der Waals surface area contributed by atoms with Crippen molar-refractivity contribution in [2.45, 2.75) is 32.7 Å². The molecule has 2 N–H and O–H groups in total. The second kappa shape index (κ2) is 7.92. The second-order valence-corrected chi connectivity index (χ2v) is 6.24. The van der Waals surface area contributed by atoms with Crippen LogP contribution in [0.2, 0.25) is 0 Å². The lowest BCUT2D eigenvalue weighted by atomic mass is 9.97. The molecule has 0 radical (unpaired) electrons. The third kappa shape index (κ3) is 5.21. The molecule has 7 heteroatoms. The molecule has 1 heterocycles. The molecular weight excluding hydrogens is 296 g/mol. The first-order valence-electron chi connectivity index (χ1n) is 7.99. The van der Waals surface area contributed by atoms with Crippen molar-refractivity contribution in [3.8, 4) is 0 Å². The van der Waals surface area contributed by atoms with Gasteiger partial charge in [0, 0.05) is 37.0 Å². The molecule has 23 heavy (non-hydrogen) atoms. The maximum atomic E-state index is 11.9. The number of amides is 2. The Kier molecular flexibility index (Phi) is 5.92.